The lowest BCUT2D eigenvalue weighted by Gasteiger charge is -2.34. The van der Waals surface area contributed by atoms with Crippen LogP contribution in [0.4, 0.5) is 11.4 Å². The number of aliphatic hydroxyl groups is 1. The van der Waals surface area contributed by atoms with Crippen LogP contribution in [0.3, 0.4) is 0 Å². The molecular weight excluding hydrogens is 416 g/mol. The summed E-state index contributed by atoms with van der Waals surface area (Å²) in [5, 5.41) is 23.8. The minimum absolute atomic E-state index is 0.107. The van der Waals surface area contributed by atoms with Crippen molar-refractivity contribution in [3.8, 4) is 0 Å². The number of nitrogens with one attached hydrogen (secondary N) is 3. The Bertz CT molecular complexity index is 1100. The molecule has 4 N–H and O–H groups in total. The van der Waals surface area contributed by atoms with Crippen molar-refractivity contribution in [3.63, 3.8) is 0 Å². The molecule has 1 unspecified atom stereocenters. The number of fused-ring (bicyclic) bond motifs is 1. The number of aliphatic hydroxyl groups excluding tert-OH is 1. The van der Waals surface area contributed by atoms with E-state index in [-0.39, 0.29) is 18.7 Å². The predicted octanol–water partition coefficient (Wildman–Crippen LogP) is 0.633. The monoisotopic (exact) mass is 438 g/mol. The zero-order chi connectivity index (χ0) is 22.8. The maximum atomic E-state index is 13.0. The Hall–Kier alpha value is -3.76. The second-order valence-corrected chi connectivity index (χ2v) is 7.36. The zero-order valence-corrected chi connectivity index (χ0v) is 17.3. The standard InChI is InChI=1S/C22H22N4O6/c1-31-22(30)12-3-2-4-15(10-12)26-7-8-32-18(21(26)29)17(27)20(28)25-14-5-6-16-13(9-14)11-24-19(16)23/h2-6,9-10,17-18,27H,7-8,11H2,1H3,(H2,23,24)(H,25,28)/t17-,18?/m1/s1. The Morgan fingerprint density at radius 1 is 1.31 bits per heavy atom. The average Bonchev–Trinajstić information content (AvgIpc) is 3.18. The molecule has 2 aliphatic rings. The Morgan fingerprint density at radius 3 is 2.91 bits per heavy atom. The third-order valence-corrected chi connectivity index (χ3v) is 5.35. The molecule has 32 heavy (non-hydrogen) atoms. The number of nitrogens with zero attached hydrogens (tertiary/aromatic N) is 1. The van der Waals surface area contributed by atoms with E-state index in [1.165, 1.54) is 18.1 Å². The molecule has 2 heterocycles. The number of rotatable bonds is 5. The molecular formula is C22H22N4O6. The van der Waals surface area contributed by atoms with Crippen molar-refractivity contribution in [2.24, 2.45) is 0 Å². The summed E-state index contributed by atoms with van der Waals surface area (Å²) in [4.78, 5) is 38.8. The fraction of sp³-hybridized carbons (Fsp3) is 0.273. The van der Waals surface area contributed by atoms with Gasteiger partial charge in [0.25, 0.3) is 11.8 Å². The summed E-state index contributed by atoms with van der Waals surface area (Å²) in [5.41, 5.74) is 2.75. The molecule has 10 heteroatoms. The fourth-order valence-electron chi connectivity index (χ4n) is 3.70. The van der Waals surface area contributed by atoms with Crippen molar-refractivity contribution in [3.05, 3.63) is 59.2 Å². The second kappa shape index (κ2) is 8.77. The molecule has 10 nitrogen and oxygen atoms in total. The van der Waals surface area contributed by atoms with Gasteiger partial charge in [0.05, 0.1) is 19.3 Å². The molecule has 2 aromatic carbocycles. The van der Waals surface area contributed by atoms with E-state index in [4.69, 9.17) is 14.9 Å². The summed E-state index contributed by atoms with van der Waals surface area (Å²) in [6.07, 6.45) is -3.13. The van der Waals surface area contributed by atoms with Crippen LogP contribution in [0, 0.1) is 5.41 Å². The van der Waals surface area contributed by atoms with Gasteiger partial charge >= 0.3 is 5.97 Å². The molecule has 0 saturated carbocycles. The summed E-state index contributed by atoms with van der Waals surface area (Å²) in [6, 6.07) is 11.4. The summed E-state index contributed by atoms with van der Waals surface area (Å²) in [5.74, 6) is -1.60. The first-order valence-electron chi connectivity index (χ1n) is 9.95. The number of methoxy groups -OCH3 is 1. The Morgan fingerprint density at radius 2 is 2.12 bits per heavy atom. The van der Waals surface area contributed by atoms with E-state index in [1.807, 2.05) is 0 Å². The van der Waals surface area contributed by atoms with Crippen molar-refractivity contribution in [2.75, 3.05) is 30.5 Å². The summed E-state index contributed by atoms with van der Waals surface area (Å²) < 4.78 is 10.1. The van der Waals surface area contributed by atoms with Crippen molar-refractivity contribution >= 4 is 35.0 Å². The van der Waals surface area contributed by atoms with E-state index in [0.717, 1.165) is 11.1 Å². The first kappa shape index (κ1) is 21.5. The minimum atomic E-state index is -1.74. The molecule has 2 amide bonds. The predicted molar refractivity (Wildman–Crippen MR) is 115 cm³/mol. The van der Waals surface area contributed by atoms with Gasteiger partial charge in [0.1, 0.15) is 5.84 Å². The lowest BCUT2D eigenvalue weighted by atomic mass is 10.1. The number of morpholine rings is 1. The first-order valence-corrected chi connectivity index (χ1v) is 9.95. The summed E-state index contributed by atoms with van der Waals surface area (Å²) >= 11 is 0. The van der Waals surface area contributed by atoms with Crippen molar-refractivity contribution in [1.82, 2.24) is 5.32 Å². The number of carbonyl (C=O) groups excluding carboxylic acids is 3. The number of benzene rings is 2. The SMILES string of the molecule is COC(=O)c1cccc(N2CCOC([C@@H](O)C(=O)Nc3ccc4c(c3)CNC4=N)C2=O)c1. The smallest absolute Gasteiger partial charge is 0.337 e. The lowest BCUT2D eigenvalue weighted by Crippen LogP contribution is -2.55. The third kappa shape index (κ3) is 4.05. The summed E-state index contributed by atoms with van der Waals surface area (Å²) in [6.45, 7) is 0.790. The van der Waals surface area contributed by atoms with Crippen LogP contribution in [-0.4, -0.2) is 61.2 Å². The fourth-order valence-corrected chi connectivity index (χ4v) is 3.70. The number of anilines is 2. The first-order chi connectivity index (χ1) is 15.4. The van der Waals surface area contributed by atoms with Gasteiger partial charge in [0, 0.05) is 30.0 Å². The minimum Gasteiger partial charge on any atom is -0.465 e. The van der Waals surface area contributed by atoms with Crippen LogP contribution in [0.5, 0.6) is 0 Å². The molecule has 0 aromatic heterocycles. The largest absolute Gasteiger partial charge is 0.465 e. The number of amidine groups is 1. The van der Waals surface area contributed by atoms with E-state index in [9.17, 15) is 19.5 Å². The van der Waals surface area contributed by atoms with Crippen LogP contribution < -0.4 is 15.5 Å². The highest BCUT2D eigenvalue weighted by atomic mass is 16.5. The number of carbonyl (C=O) groups is 3. The van der Waals surface area contributed by atoms with Crippen molar-refractivity contribution < 1.29 is 29.0 Å². The van der Waals surface area contributed by atoms with Gasteiger partial charge in [-0.15, -0.1) is 0 Å². The quantitative estimate of drug-likeness (QED) is 0.502. The van der Waals surface area contributed by atoms with Crippen LogP contribution in [0.25, 0.3) is 0 Å². The van der Waals surface area contributed by atoms with E-state index in [1.54, 1.807) is 36.4 Å². The highest BCUT2D eigenvalue weighted by molar-refractivity contribution is 6.05. The third-order valence-electron chi connectivity index (χ3n) is 5.35. The zero-order valence-electron chi connectivity index (χ0n) is 17.3. The normalized spacial score (nSPS) is 18.6. The highest BCUT2D eigenvalue weighted by Crippen LogP contribution is 2.24. The number of esters is 1. The van der Waals surface area contributed by atoms with Gasteiger partial charge in [0.15, 0.2) is 12.2 Å². The Kier molecular flexibility index (Phi) is 5.89. The van der Waals surface area contributed by atoms with Gasteiger partial charge in [-0.25, -0.2) is 4.79 Å². The number of amides is 2. The van der Waals surface area contributed by atoms with Gasteiger partial charge in [-0.05, 0) is 42.0 Å². The second-order valence-electron chi connectivity index (χ2n) is 7.36. The average molecular weight is 438 g/mol. The van der Waals surface area contributed by atoms with Crippen LogP contribution >= 0.6 is 0 Å². The molecule has 0 aliphatic carbocycles. The van der Waals surface area contributed by atoms with Gasteiger partial charge in [-0.1, -0.05) is 6.07 Å². The Labute approximate surface area is 183 Å². The van der Waals surface area contributed by atoms with E-state index < -0.39 is 30.0 Å². The van der Waals surface area contributed by atoms with Gasteiger partial charge in [-0.2, -0.15) is 0 Å². The van der Waals surface area contributed by atoms with E-state index in [0.29, 0.717) is 23.8 Å². The van der Waals surface area contributed by atoms with Crippen LogP contribution in [0.15, 0.2) is 42.5 Å². The van der Waals surface area contributed by atoms with E-state index in [2.05, 4.69) is 10.6 Å². The molecule has 1 saturated heterocycles. The number of hydrogen-bond acceptors (Lipinski definition) is 7. The molecule has 1 fully saturated rings. The van der Waals surface area contributed by atoms with Crippen LogP contribution in [0.1, 0.15) is 21.5 Å². The molecule has 0 bridgehead atoms. The maximum Gasteiger partial charge on any atom is 0.337 e. The van der Waals surface area contributed by atoms with Crippen LogP contribution in [-0.2, 0) is 25.6 Å². The molecule has 2 aromatic rings. The summed E-state index contributed by atoms with van der Waals surface area (Å²) in [7, 11) is 1.27. The molecule has 0 spiro atoms. The highest BCUT2D eigenvalue weighted by Gasteiger charge is 2.39. The molecule has 2 aliphatic heterocycles. The number of ether oxygens (including phenoxy) is 2. The molecule has 2 atom stereocenters. The van der Waals surface area contributed by atoms with Gasteiger partial charge in [0.2, 0.25) is 0 Å². The molecule has 166 valence electrons. The topological polar surface area (TPSA) is 141 Å². The van der Waals surface area contributed by atoms with Crippen molar-refractivity contribution in [1.29, 1.82) is 5.41 Å². The number of hydrogen-bond donors (Lipinski definition) is 4. The molecule has 4 rings (SSSR count). The van der Waals surface area contributed by atoms with E-state index >= 15 is 0 Å². The van der Waals surface area contributed by atoms with Gasteiger partial charge < -0.3 is 30.1 Å². The lowest BCUT2D eigenvalue weighted by molar-refractivity contribution is -0.150. The van der Waals surface area contributed by atoms with Gasteiger partial charge in [-0.3, -0.25) is 15.0 Å². The maximum absolute atomic E-state index is 13.0. The van der Waals surface area contributed by atoms with Crippen LogP contribution in [0.2, 0.25) is 0 Å². The van der Waals surface area contributed by atoms with Crippen molar-refractivity contribution in [2.45, 2.75) is 18.8 Å². The Balaban J connectivity index is 1.47. The molecule has 0 radical (unpaired) electrons.